The number of Topliss-reactive ketones (excluding diaryl/α,β-unsaturated/α-hetero) is 1. The molecule has 1 aromatic carbocycles. The third-order valence-corrected chi connectivity index (χ3v) is 3.59. The number of rotatable bonds is 7. The van der Waals surface area contributed by atoms with Gasteiger partial charge in [-0.25, -0.2) is 0 Å². The number of hydrogen-bond acceptors (Lipinski definition) is 4. The average Bonchev–Trinajstić information content (AvgIpc) is 2.45. The Balaban J connectivity index is 3.06. The Kier molecular flexibility index (Phi) is 6.61. The fourth-order valence-corrected chi connectivity index (χ4v) is 2.57. The van der Waals surface area contributed by atoms with Crippen molar-refractivity contribution in [2.75, 3.05) is 7.11 Å². The summed E-state index contributed by atoms with van der Waals surface area (Å²) in [6, 6.07) is 5.13. The van der Waals surface area contributed by atoms with Crippen LogP contribution in [0.2, 0.25) is 0 Å². The van der Waals surface area contributed by atoms with Gasteiger partial charge in [-0.3, -0.25) is 9.59 Å². The Morgan fingerprint density at radius 1 is 1.04 bits per heavy atom. The second-order valence-corrected chi connectivity index (χ2v) is 6.11. The van der Waals surface area contributed by atoms with Gasteiger partial charge in [0.05, 0.1) is 12.7 Å². The molecule has 1 amide bonds. The summed E-state index contributed by atoms with van der Waals surface area (Å²) in [4.78, 5) is 26.2. The van der Waals surface area contributed by atoms with E-state index in [4.69, 9.17) is 9.47 Å². The van der Waals surface area contributed by atoms with Gasteiger partial charge >= 0.3 is 0 Å². The molecule has 1 aromatic rings. The van der Waals surface area contributed by atoms with Crippen molar-refractivity contribution in [2.24, 2.45) is 0 Å². The number of ether oxygens (including phenoxy) is 2. The van der Waals surface area contributed by atoms with Gasteiger partial charge in [-0.1, -0.05) is 0 Å². The molecule has 0 aliphatic rings. The molecule has 0 N–H and O–H groups in total. The van der Waals surface area contributed by atoms with Gasteiger partial charge in [-0.15, -0.1) is 0 Å². The predicted octanol–water partition coefficient (Wildman–Crippen LogP) is 3.31. The Bertz CT molecular complexity index is 558. The summed E-state index contributed by atoms with van der Waals surface area (Å²) in [5.41, 5.74) is 0.436. The lowest BCUT2D eigenvalue weighted by Crippen LogP contribution is -2.48. The highest BCUT2D eigenvalue weighted by molar-refractivity contribution is 5.97. The van der Waals surface area contributed by atoms with Crippen LogP contribution in [0.4, 0.5) is 0 Å². The summed E-state index contributed by atoms with van der Waals surface area (Å²) in [6.45, 7) is 11.0. The first-order chi connectivity index (χ1) is 10.7. The molecule has 1 atom stereocenters. The summed E-state index contributed by atoms with van der Waals surface area (Å²) >= 11 is 0. The third-order valence-electron chi connectivity index (χ3n) is 3.59. The summed E-state index contributed by atoms with van der Waals surface area (Å²) < 4.78 is 11.0. The molecule has 0 radical (unpaired) electrons. The molecule has 5 nitrogen and oxygen atoms in total. The van der Waals surface area contributed by atoms with E-state index in [1.54, 1.807) is 37.1 Å². The van der Waals surface area contributed by atoms with Crippen LogP contribution in [0.5, 0.6) is 11.5 Å². The van der Waals surface area contributed by atoms with Crippen molar-refractivity contribution in [3.05, 3.63) is 23.8 Å². The van der Waals surface area contributed by atoms with Crippen LogP contribution >= 0.6 is 0 Å². The third kappa shape index (κ3) is 4.71. The van der Waals surface area contributed by atoms with E-state index < -0.39 is 6.10 Å². The summed E-state index contributed by atoms with van der Waals surface area (Å²) in [6.07, 6.45) is -0.690. The molecule has 0 bridgehead atoms. The lowest BCUT2D eigenvalue weighted by Gasteiger charge is -2.33. The average molecular weight is 321 g/mol. The number of carbonyl (C=O) groups excluding carboxylic acids is 2. The van der Waals surface area contributed by atoms with Crippen LogP contribution in [0.1, 0.15) is 51.9 Å². The van der Waals surface area contributed by atoms with E-state index >= 15 is 0 Å². The maximum atomic E-state index is 12.7. The maximum absolute atomic E-state index is 12.7. The van der Waals surface area contributed by atoms with Gasteiger partial charge in [0.1, 0.15) is 11.5 Å². The van der Waals surface area contributed by atoms with Gasteiger partial charge in [0.2, 0.25) is 0 Å². The highest BCUT2D eigenvalue weighted by Gasteiger charge is 2.27. The molecule has 1 rings (SSSR count). The minimum Gasteiger partial charge on any atom is -0.497 e. The lowest BCUT2D eigenvalue weighted by atomic mass is 10.1. The van der Waals surface area contributed by atoms with Crippen molar-refractivity contribution in [1.29, 1.82) is 0 Å². The second kappa shape index (κ2) is 7.99. The minimum absolute atomic E-state index is 0.0751. The summed E-state index contributed by atoms with van der Waals surface area (Å²) in [5.74, 6) is 0.721. The monoisotopic (exact) mass is 321 g/mol. The SMILES string of the molecule is COc1ccc(C(C)=O)c(OC(C)C(=O)N(C(C)C)C(C)C)c1. The van der Waals surface area contributed by atoms with Gasteiger partial charge in [0.25, 0.3) is 5.91 Å². The smallest absolute Gasteiger partial charge is 0.263 e. The highest BCUT2D eigenvalue weighted by atomic mass is 16.5. The number of amides is 1. The van der Waals surface area contributed by atoms with Gasteiger partial charge < -0.3 is 14.4 Å². The Morgan fingerprint density at radius 3 is 2.04 bits per heavy atom. The Hall–Kier alpha value is -2.04. The predicted molar refractivity (Wildman–Crippen MR) is 90.2 cm³/mol. The number of benzene rings is 1. The van der Waals surface area contributed by atoms with Crippen LogP contribution in [0.25, 0.3) is 0 Å². The quantitative estimate of drug-likeness (QED) is 0.723. The zero-order valence-corrected chi connectivity index (χ0v) is 15.0. The first kappa shape index (κ1) is 19.0. The van der Waals surface area contributed by atoms with E-state index in [9.17, 15) is 9.59 Å². The molecule has 0 aliphatic carbocycles. The first-order valence-corrected chi connectivity index (χ1v) is 7.86. The van der Waals surface area contributed by atoms with Crippen molar-refractivity contribution in [3.63, 3.8) is 0 Å². The molecule has 0 spiro atoms. The van der Waals surface area contributed by atoms with E-state index in [0.717, 1.165) is 0 Å². The van der Waals surface area contributed by atoms with E-state index in [0.29, 0.717) is 17.1 Å². The van der Waals surface area contributed by atoms with Crippen LogP contribution in [0.3, 0.4) is 0 Å². The van der Waals surface area contributed by atoms with Crippen LogP contribution in [-0.2, 0) is 4.79 Å². The molecule has 1 unspecified atom stereocenters. The summed E-state index contributed by atoms with van der Waals surface area (Å²) in [7, 11) is 1.54. The molecule has 0 fully saturated rings. The van der Waals surface area contributed by atoms with Crippen molar-refractivity contribution in [2.45, 2.75) is 59.7 Å². The van der Waals surface area contributed by atoms with Gasteiger partial charge in [-0.2, -0.15) is 0 Å². The van der Waals surface area contributed by atoms with Crippen LogP contribution < -0.4 is 9.47 Å². The highest BCUT2D eigenvalue weighted by Crippen LogP contribution is 2.26. The number of carbonyl (C=O) groups is 2. The largest absolute Gasteiger partial charge is 0.497 e. The van der Waals surface area contributed by atoms with Crippen molar-refractivity contribution in [1.82, 2.24) is 4.90 Å². The molecule has 0 aliphatic heterocycles. The zero-order valence-electron chi connectivity index (χ0n) is 15.0. The van der Waals surface area contributed by atoms with Crippen LogP contribution in [-0.4, -0.2) is 41.9 Å². The van der Waals surface area contributed by atoms with Crippen LogP contribution in [0.15, 0.2) is 18.2 Å². The van der Waals surface area contributed by atoms with Gasteiger partial charge in [0.15, 0.2) is 11.9 Å². The fraction of sp³-hybridized carbons (Fsp3) is 0.556. The maximum Gasteiger partial charge on any atom is 0.263 e. The standard InChI is InChI=1S/C18H27NO4/c1-11(2)19(12(3)4)18(21)14(6)23-17-10-15(22-7)8-9-16(17)13(5)20/h8-12,14H,1-7H3. The number of hydrogen-bond donors (Lipinski definition) is 0. The van der Waals surface area contributed by atoms with Crippen LogP contribution in [0, 0.1) is 0 Å². The van der Waals surface area contributed by atoms with Gasteiger partial charge in [0, 0.05) is 18.2 Å². The zero-order chi connectivity index (χ0) is 17.7. The van der Waals surface area contributed by atoms with E-state index in [-0.39, 0.29) is 23.8 Å². The molecule has 23 heavy (non-hydrogen) atoms. The molecule has 0 saturated carbocycles. The molecule has 0 aromatic heterocycles. The molecular weight excluding hydrogens is 294 g/mol. The van der Waals surface area contributed by atoms with E-state index in [1.165, 1.54) is 6.92 Å². The fourth-order valence-electron chi connectivity index (χ4n) is 2.57. The molecule has 128 valence electrons. The van der Waals surface area contributed by atoms with E-state index in [1.807, 2.05) is 27.7 Å². The number of methoxy groups -OCH3 is 1. The van der Waals surface area contributed by atoms with Crippen molar-refractivity contribution in [3.8, 4) is 11.5 Å². The summed E-state index contributed by atoms with van der Waals surface area (Å²) in [5, 5.41) is 0. The molecular formula is C18H27NO4. The lowest BCUT2D eigenvalue weighted by molar-refractivity contribution is -0.141. The van der Waals surface area contributed by atoms with Gasteiger partial charge in [-0.05, 0) is 53.7 Å². The normalized spacial score (nSPS) is 12.2. The van der Waals surface area contributed by atoms with Crippen molar-refractivity contribution >= 4 is 11.7 Å². The topological polar surface area (TPSA) is 55.8 Å². The molecule has 5 heteroatoms. The minimum atomic E-state index is -0.690. The van der Waals surface area contributed by atoms with E-state index in [2.05, 4.69) is 0 Å². The second-order valence-electron chi connectivity index (χ2n) is 6.11. The molecule has 0 saturated heterocycles. The Morgan fingerprint density at radius 2 is 1.61 bits per heavy atom. The number of nitrogens with zero attached hydrogens (tertiary/aromatic N) is 1. The van der Waals surface area contributed by atoms with Crippen molar-refractivity contribution < 1.29 is 19.1 Å². The number of ketones is 1. The molecule has 0 heterocycles. The first-order valence-electron chi connectivity index (χ1n) is 7.86. The Labute approximate surface area is 138 Å².